The summed E-state index contributed by atoms with van der Waals surface area (Å²) in [4.78, 5) is 11.0. The summed E-state index contributed by atoms with van der Waals surface area (Å²) in [5, 5.41) is 6.25. The number of alkyl halides is 3. The molecule has 0 bridgehead atoms. The predicted octanol–water partition coefficient (Wildman–Crippen LogP) is 6.70. The van der Waals surface area contributed by atoms with Crippen molar-refractivity contribution in [2.75, 3.05) is 0 Å². The first-order valence-corrected chi connectivity index (χ1v) is 12.4. The predicted molar refractivity (Wildman–Crippen MR) is 144 cm³/mol. The maximum Gasteiger partial charge on any atom is 0.429 e. The van der Waals surface area contributed by atoms with Crippen molar-refractivity contribution in [1.29, 1.82) is 0 Å². The molecule has 0 saturated heterocycles. The van der Waals surface area contributed by atoms with Gasteiger partial charge in [-0.15, -0.1) is 24.3 Å². The summed E-state index contributed by atoms with van der Waals surface area (Å²) < 4.78 is 89.8. The van der Waals surface area contributed by atoms with E-state index in [1.54, 1.807) is 60.9 Å². The molecule has 0 amide bonds. The molecule has 6 rings (SSSR count). The SMILES string of the molecule is FC(F)(F)c1n[n-]c(-c2ccccn2)n1.Fc1c[c-]c(-c2ccccn2)c(F)c1.[CH2-][n+]1ccccc1-c1[c-]cc(F)cc1F.[Ir]. The molecular weight excluding hydrogens is 782 g/mol. The molecule has 0 aliphatic rings. The molecule has 6 aromatic rings. The maximum absolute atomic E-state index is 13.4. The summed E-state index contributed by atoms with van der Waals surface area (Å²) in [6, 6.07) is 24.0. The molecule has 0 unspecified atom stereocenters. The Balaban J connectivity index is 0.000000182. The van der Waals surface area contributed by atoms with E-state index in [1.165, 1.54) is 16.8 Å². The fraction of sp³-hybridized carbons (Fsp3) is 0.0323. The van der Waals surface area contributed by atoms with Gasteiger partial charge in [0, 0.05) is 62.8 Å². The third-order valence-electron chi connectivity index (χ3n) is 5.43. The van der Waals surface area contributed by atoms with E-state index in [0.717, 1.165) is 24.3 Å². The quantitative estimate of drug-likeness (QED) is 0.113. The standard InChI is InChI=1S/C12H8F2N.C11H6F2N.C8H4F3N4.Ir/c1-15-7-3-2-4-12(15)10-6-5-9(13)8-11(10)14;12-8-4-5-9(10(13)7-8)11-3-1-2-6-14-11;9-8(10,11)7-13-6(14-15-7)5-3-1-2-4-12-5;/h2-5,7-8H,1H2;1-4,6-7H;1-4H;/q3*-1;. The summed E-state index contributed by atoms with van der Waals surface area (Å²) in [5.74, 6) is -3.93. The average Bonchev–Trinajstić information content (AvgIpc) is 3.51. The van der Waals surface area contributed by atoms with Gasteiger partial charge in [-0.25, -0.2) is 0 Å². The summed E-state index contributed by atoms with van der Waals surface area (Å²) in [6.45, 7) is 0. The zero-order valence-electron chi connectivity index (χ0n) is 22.6. The topological polar surface area (TPSA) is 69.5 Å². The summed E-state index contributed by atoms with van der Waals surface area (Å²) in [5.41, 5.74) is 1.67. The van der Waals surface area contributed by atoms with Gasteiger partial charge in [0.05, 0.1) is 11.9 Å². The zero-order chi connectivity index (χ0) is 31.7. The molecule has 4 aromatic heterocycles. The third kappa shape index (κ3) is 9.52. The molecule has 1 radical (unpaired) electrons. The van der Waals surface area contributed by atoms with Crippen LogP contribution in [0.1, 0.15) is 5.82 Å². The second-order valence-electron chi connectivity index (χ2n) is 8.52. The van der Waals surface area contributed by atoms with Crippen LogP contribution in [0.5, 0.6) is 0 Å². The van der Waals surface area contributed by atoms with Gasteiger partial charge in [-0.05, 0) is 41.3 Å². The number of nitrogens with zero attached hydrogens (tertiary/aromatic N) is 6. The summed E-state index contributed by atoms with van der Waals surface area (Å²) >= 11 is 0. The van der Waals surface area contributed by atoms with E-state index in [4.69, 9.17) is 0 Å². The van der Waals surface area contributed by atoms with Gasteiger partial charge in [0.2, 0.25) is 0 Å². The van der Waals surface area contributed by atoms with Crippen LogP contribution >= 0.6 is 0 Å². The maximum atomic E-state index is 13.4. The number of aromatic nitrogens is 6. The van der Waals surface area contributed by atoms with Crippen molar-refractivity contribution < 1.29 is 55.4 Å². The molecule has 0 spiro atoms. The Hall–Kier alpha value is -4.94. The molecule has 0 fully saturated rings. The second-order valence-corrected chi connectivity index (χ2v) is 8.52. The van der Waals surface area contributed by atoms with Gasteiger partial charge >= 0.3 is 6.18 Å². The van der Waals surface area contributed by atoms with Crippen molar-refractivity contribution in [3.05, 3.63) is 146 Å². The van der Waals surface area contributed by atoms with E-state index in [9.17, 15) is 30.7 Å². The van der Waals surface area contributed by atoms with Crippen molar-refractivity contribution in [3.8, 4) is 34.0 Å². The molecule has 45 heavy (non-hydrogen) atoms. The summed E-state index contributed by atoms with van der Waals surface area (Å²) in [6.07, 6.45) is 0.108. The van der Waals surface area contributed by atoms with E-state index in [-0.39, 0.29) is 42.8 Å². The van der Waals surface area contributed by atoms with Crippen LogP contribution in [0.3, 0.4) is 0 Å². The van der Waals surface area contributed by atoms with Gasteiger partial charge < -0.3 is 19.6 Å². The first kappa shape index (κ1) is 34.5. The minimum atomic E-state index is -4.57. The number of pyridine rings is 3. The van der Waals surface area contributed by atoms with Gasteiger partial charge in [0.15, 0.2) is 0 Å². The van der Waals surface area contributed by atoms with E-state index in [2.05, 4.69) is 44.3 Å². The molecule has 2 aromatic carbocycles. The number of hydrogen-bond donors (Lipinski definition) is 0. The zero-order valence-corrected chi connectivity index (χ0v) is 25.0. The van der Waals surface area contributed by atoms with Crippen molar-refractivity contribution in [2.45, 2.75) is 6.18 Å². The molecule has 14 heteroatoms. The second kappa shape index (κ2) is 15.7. The molecular formula is C31H18F7IrN6-3. The van der Waals surface area contributed by atoms with Crippen LogP contribution in [-0.2, 0) is 26.3 Å². The Labute approximate surface area is 266 Å². The fourth-order valence-corrected chi connectivity index (χ4v) is 3.46. The molecule has 6 nitrogen and oxygen atoms in total. The molecule has 4 heterocycles. The van der Waals surface area contributed by atoms with Crippen molar-refractivity contribution in [3.63, 3.8) is 0 Å². The molecule has 0 aliphatic carbocycles. The Morgan fingerprint density at radius 3 is 1.78 bits per heavy atom. The van der Waals surface area contributed by atoms with Crippen LogP contribution in [0.25, 0.3) is 34.0 Å². The third-order valence-corrected chi connectivity index (χ3v) is 5.43. The van der Waals surface area contributed by atoms with E-state index >= 15 is 0 Å². The fourth-order valence-electron chi connectivity index (χ4n) is 3.46. The van der Waals surface area contributed by atoms with E-state index in [1.807, 2.05) is 0 Å². The Bertz CT molecular complexity index is 1820. The number of halogens is 7. The molecule has 233 valence electrons. The number of rotatable bonds is 3. The normalized spacial score (nSPS) is 10.5. The van der Waals surface area contributed by atoms with Crippen LogP contribution in [0.2, 0.25) is 0 Å². The van der Waals surface area contributed by atoms with Crippen LogP contribution in [-0.4, -0.2) is 20.1 Å². The van der Waals surface area contributed by atoms with Gasteiger partial charge in [-0.3, -0.25) is 27.6 Å². The van der Waals surface area contributed by atoms with E-state index < -0.39 is 35.3 Å². The van der Waals surface area contributed by atoms with Crippen molar-refractivity contribution in [1.82, 2.24) is 25.1 Å². The van der Waals surface area contributed by atoms with Gasteiger partial charge in [0.25, 0.3) is 0 Å². The monoisotopic (exact) mass is 800 g/mol. The summed E-state index contributed by atoms with van der Waals surface area (Å²) in [7, 11) is 3.70. The molecule has 0 aliphatic heterocycles. The first-order chi connectivity index (χ1) is 21.0. The van der Waals surface area contributed by atoms with Gasteiger partial charge in [-0.2, -0.15) is 13.2 Å². The molecule has 0 atom stereocenters. The van der Waals surface area contributed by atoms with Crippen LogP contribution in [0.4, 0.5) is 30.7 Å². The van der Waals surface area contributed by atoms with Gasteiger partial charge in [0.1, 0.15) is 11.5 Å². The first-order valence-electron chi connectivity index (χ1n) is 12.4. The van der Waals surface area contributed by atoms with Gasteiger partial charge in [-0.1, -0.05) is 48.0 Å². The average molecular weight is 800 g/mol. The number of hydrogen-bond acceptors (Lipinski definition) is 4. The Morgan fingerprint density at radius 2 is 1.29 bits per heavy atom. The minimum absolute atomic E-state index is 0. The van der Waals surface area contributed by atoms with Crippen molar-refractivity contribution >= 4 is 0 Å². The van der Waals surface area contributed by atoms with E-state index in [0.29, 0.717) is 11.4 Å². The smallest absolute Gasteiger partial charge is 0.413 e. The minimum Gasteiger partial charge on any atom is -0.413 e. The van der Waals surface area contributed by atoms with Crippen molar-refractivity contribution in [2.24, 2.45) is 0 Å². The van der Waals surface area contributed by atoms with Crippen LogP contribution in [0, 0.1) is 42.4 Å². The van der Waals surface area contributed by atoms with Crippen LogP contribution in [0.15, 0.2) is 97.5 Å². The van der Waals surface area contributed by atoms with Crippen LogP contribution < -0.4 is 9.67 Å². The largest absolute Gasteiger partial charge is 0.429 e. The molecule has 0 saturated carbocycles. The Morgan fingerprint density at radius 1 is 0.733 bits per heavy atom. The molecule has 0 N–H and O–H groups in total. The number of benzene rings is 2. The Kier molecular flexibility index (Phi) is 12.0.